The Morgan fingerprint density at radius 1 is 1.26 bits per heavy atom. The Balaban J connectivity index is 1.78. The summed E-state index contributed by atoms with van der Waals surface area (Å²) in [5, 5.41) is 14.7. The summed E-state index contributed by atoms with van der Waals surface area (Å²) in [5.74, 6) is 1.40. The second-order valence-electron chi connectivity index (χ2n) is 5.51. The highest BCUT2D eigenvalue weighted by molar-refractivity contribution is 5.19. The van der Waals surface area contributed by atoms with Crippen molar-refractivity contribution < 1.29 is 4.42 Å². The Hall–Kier alpha value is -1.10. The van der Waals surface area contributed by atoms with Gasteiger partial charge in [0.25, 0.3) is 0 Å². The van der Waals surface area contributed by atoms with Crippen LogP contribution >= 0.6 is 0 Å². The van der Waals surface area contributed by atoms with E-state index in [2.05, 4.69) is 34.7 Å². The largest absolute Gasteiger partial charge is 0.407 e. The molecule has 1 aliphatic rings. The van der Waals surface area contributed by atoms with Gasteiger partial charge in [-0.1, -0.05) is 31.3 Å². The molecule has 0 aliphatic heterocycles. The molecule has 1 unspecified atom stereocenters. The quantitative estimate of drug-likeness (QED) is 0.743. The average Bonchev–Trinajstić information content (AvgIpc) is 2.88. The van der Waals surface area contributed by atoms with Gasteiger partial charge in [0.05, 0.1) is 6.54 Å². The lowest BCUT2D eigenvalue weighted by molar-refractivity contribution is 0.324. The van der Waals surface area contributed by atoms with E-state index < -0.39 is 0 Å². The molecule has 1 aliphatic carbocycles. The zero-order chi connectivity index (χ0) is 13.5. The maximum absolute atomic E-state index is 5.60. The van der Waals surface area contributed by atoms with Crippen molar-refractivity contribution in [3.05, 3.63) is 5.89 Å². The van der Waals surface area contributed by atoms with Crippen LogP contribution in [-0.4, -0.2) is 22.8 Å². The molecule has 1 aromatic rings. The third-order valence-electron chi connectivity index (χ3n) is 3.88. The van der Waals surface area contributed by atoms with Crippen LogP contribution in [0.3, 0.4) is 0 Å². The van der Waals surface area contributed by atoms with E-state index in [-0.39, 0.29) is 0 Å². The van der Waals surface area contributed by atoms with Crippen LogP contribution in [0.5, 0.6) is 0 Å². The highest BCUT2D eigenvalue weighted by atomic mass is 16.4. The van der Waals surface area contributed by atoms with E-state index >= 15 is 0 Å². The van der Waals surface area contributed by atoms with E-state index in [1.54, 1.807) is 0 Å². The summed E-state index contributed by atoms with van der Waals surface area (Å²) in [4.78, 5) is 0. The van der Waals surface area contributed by atoms with Crippen molar-refractivity contribution in [3.63, 3.8) is 0 Å². The van der Waals surface area contributed by atoms with Crippen LogP contribution in [0, 0.1) is 5.92 Å². The lowest BCUT2D eigenvalue weighted by atomic mass is 9.85. The highest BCUT2D eigenvalue weighted by Crippen LogP contribution is 2.27. The molecule has 5 heteroatoms. The number of rotatable bonds is 7. The molecule has 1 fully saturated rings. The fourth-order valence-electron chi connectivity index (χ4n) is 2.70. The van der Waals surface area contributed by atoms with Gasteiger partial charge in [0.1, 0.15) is 0 Å². The van der Waals surface area contributed by atoms with Crippen molar-refractivity contribution in [1.82, 2.24) is 15.5 Å². The molecule has 2 N–H and O–H groups in total. The van der Waals surface area contributed by atoms with Crippen LogP contribution in [0.25, 0.3) is 0 Å². The number of hydrogen-bond donors (Lipinski definition) is 2. The maximum atomic E-state index is 5.60. The molecule has 0 radical (unpaired) electrons. The molecule has 1 aromatic heterocycles. The number of hydrogen-bond acceptors (Lipinski definition) is 5. The molecule has 19 heavy (non-hydrogen) atoms. The average molecular weight is 266 g/mol. The van der Waals surface area contributed by atoms with Gasteiger partial charge in [-0.15, -0.1) is 5.10 Å². The Morgan fingerprint density at radius 3 is 2.79 bits per heavy atom. The standard InChI is InChI=1S/C14H26N4O/c1-3-9-15-10-13-17-18-14(19-13)16-11(2)12-7-5-4-6-8-12/h11-12,15H,3-10H2,1-2H3,(H,16,18). The topological polar surface area (TPSA) is 63.0 Å². The summed E-state index contributed by atoms with van der Waals surface area (Å²) in [5.41, 5.74) is 0. The minimum atomic E-state index is 0.414. The number of aromatic nitrogens is 2. The van der Waals surface area contributed by atoms with Gasteiger partial charge in [0, 0.05) is 6.04 Å². The van der Waals surface area contributed by atoms with Crippen LogP contribution in [0.15, 0.2) is 4.42 Å². The predicted octanol–water partition coefficient (Wildman–Crippen LogP) is 2.95. The van der Waals surface area contributed by atoms with Crippen molar-refractivity contribution >= 4 is 6.01 Å². The fraction of sp³-hybridized carbons (Fsp3) is 0.857. The Kier molecular flexibility index (Phi) is 5.63. The fourth-order valence-corrected chi connectivity index (χ4v) is 2.70. The van der Waals surface area contributed by atoms with Gasteiger partial charge in [0.2, 0.25) is 5.89 Å². The van der Waals surface area contributed by atoms with Gasteiger partial charge >= 0.3 is 6.01 Å². The van der Waals surface area contributed by atoms with Crippen molar-refractivity contribution in [2.24, 2.45) is 5.92 Å². The molecule has 0 aromatic carbocycles. The van der Waals surface area contributed by atoms with Gasteiger partial charge in [-0.25, -0.2) is 0 Å². The summed E-state index contributed by atoms with van der Waals surface area (Å²) in [6.45, 7) is 5.98. The van der Waals surface area contributed by atoms with Crippen molar-refractivity contribution in [2.45, 2.75) is 65.0 Å². The van der Waals surface area contributed by atoms with E-state index in [1.807, 2.05) is 0 Å². The summed E-state index contributed by atoms with van der Waals surface area (Å²) >= 11 is 0. The second-order valence-corrected chi connectivity index (χ2v) is 5.51. The van der Waals surface area contributed by atoms with Gasteiger partial charge in [-0.2, -0.15) is 0 Å². The van der Waals surface area contributed by atoms with Gasteiger partial charge in [-0.3, -0.25) is 0 Å². The Labute approximate surface area is 115 Å². The summed E-state index contributed by atoms with van der Waals surface area (Å²) in [6.07, 6.45) is 7.83. The van der Waals surface area contributed by atoms with Crippen molar-refractivity contribution in [2.75, 3.05) is 11.9 Å². The first-order valence-electron chi connectivity index (χ1n) is 7.59. The monoisotopic (exact) mass is 266 g/mol. The second kappa shape index (κ2) is 7.48. The van der Waals surface area contributed by atoms with E-state index in [0.717, 1.165) is 18.9 Å². The summed E-state index contributed by atoms with van der Waals surface area (Å²) in [6, 6.07) is 0.976. The zero-order valence-corrected chi connectivity index (χ0v) is 12.1. The molecule has 1 saturated carbocycles. The molecular formula is C14H26N4O. The lowest BCUT2D eigenvalue weighted by Crippen LogP contribution is -2.27. The van der Waals surface area contributed by atoms with Crippen LogP contribution < -0.4 is 10.6 Å². The van der Waals surface area contributed by atoms with E-state index in [1.165, 1.54) is 32.1 Å². The minimum Gasteiger partial charge on any atom is -0.407 e. The molecule has 2 rings (SSSR count). The number of nitrogens with zero attached hydrogens (tertiary/aromatic N) is 2. The molecule has 5 nitrogen and oxygen atoms in total. The first-order valence-corrected chi connectivity index (χ1v) is 7.59. The molecule has 0 amide bonds. The summed E-state index contributed by atoms with van der Waals surface area (Å²) in [7, 11) is 0. The smallest absolute Gasteiger partial charge is 0.315 e. The zero-order valence-electron chi connectivity index (χ0n) is 12.1. The van der Waals surface area contributed by atoms with Crippen LogP contribution in [-0.2, 0) is 6.54 Å². The van der Waals surface area contributed by atoms with Crippen LogP contribution in [0.2, 0.25) is 0 Å². The lowest BCUT2D eigenvalue weighted by Gasteiger charge is -2.27. The third kappa shape index (κ3) is 4.49. The Morgan fingerprint density at radius 2 is 2.05 bits per heavy atom. The van der Waals surface area contributed by atoms with Gasteiger partial charge in [0.15, 0.2) is 0 Å². The van der Waals surface area contributed by atoms with Crippen molar-refractivity contribution in [1.29, 1.82) is 0 Å². The number of anilines is 1. The van der Waals surface area contributed by atoms with E-state index in [9.17, 15) is 0 Å². The van der Waals surface area contributed by atoms with Gasteiger partial charge < -0.3 is 15.1 Å². The summed E-state index contributed by atoms with van der Waals surface area (Å²) < 4.78 is 5.60. The highest BCUT2D eigenvalue weighted by Gasteiger charge is 2.21. The molecule has 1 atom stereocenters. The minimum absolute atomic E-state index is 0.414. The molecule has 0 spiro atoms. The third-order valence-corrected chi connectivity index (χ3v) is 3.88. The first-order chi connectivity index (χ1) is 9.29. The van der Waals surface area contributed by atoms with Crippen LogP contribution in [0.4, 0.5) is 6.01 Å². The molecule has 1 heterocycles. The molecular weight excluding hydrogens is 240 g/mol. The first kappa shape index (κ1) is 14.3. The molecule has 108 valence electrons. The Bertz CT molecular complexity index is 360. The van der Waals surface area contributed by atoms with Gasteiger partial charge in [-0.05, 0) is 38.6 Å². The molecule has 0 saturated heterocycles. The van der Waals surface area contributed by atoms with E-state index in [4.69, 9.17) is 4.42 Å². The SMILES string of the molecule is CCCNCc1nnc(NC(C)C2CCCCC2)o1. The van der Waals surface area contributed by atoms with E-state index in [0.29, 0.717) is 24.5 Å². The predicted molar refractivity (Wildman–Crippen MR) is 76.0 cm³/mol. The molecule has 0 bridgehead atoms. The maximum Gasteiger partial charge on any atom is 0.315 e. The van der Waals surface area contributed by atoms with Crippen molar-refractivity contribution in [3.8, 4) is 0 Å². The normalized spacial score (nSPS) is 18.4. The number of nitrogens with one attached hydrogen (secondary N) is 2. The van der Waals surface area contributed by atoms with Crippen LogP contribution in [0.1, 0.15) is 58.3 Å².